The predicted octanol–water partition coefficient (Wildman–Crippen LogP) is 4.11. The molecule has 0 spiro atoms. The van der Waals surface area contributed by atoms with E-state index in [1.54, 1.807) is 38.4 Å². The van der Waals surface area contributed by atoms with Gasteiger partial charge in [-0.3, -0.25) is 4.99 Å². The number of aliphatic imine (C=N–C) groups is 1. The highest BCUT2D eigenvalue weighted by molar-refractivity contribution is 14.0. The maximum absolute atomic E-state index is 13.1. The van der Waals surface area contributed by atoms with Gasteiger partial charge in [-0.1, -0.05) is 12.1 Å². The maximum atomic E-state index is 13.1. The molecular weight excluding hydrogens is 514 g/mol. The fourth-order valence-corrected chi connectivity index (χ4v) is 2.64. The maximum Gasteiger partial charge on any atom is 0.387 e. The van der Waals surface area contributed by atoms with Crippen LogP contribution in [0, 0.1) is 5.82 Å². The zero-order chi connectivity index (χ0) is 21.2. The Labute approximate surface area is 190 Å². The Hall–Kier alpha value is -2.21. The molecule has 2 aromatic rings. The molecule has 10 heteroatoms. The van der Waals surface area contributed by atoms with E-state index in [0.29, 0.717) is 23.8 Å². The van der Waals surface area contributed by atoms with Crippen LogP contribution < -0.4 is 20.1 Å². The normalized spacial score (nSPS) is 12.2. The van der Waals surface area contributed by atoms with Gasteiger partial charge >= 0.3 is 6.61 Å². The van der Waals surface area contributed by atoms with Crippen LogP contribution >= 0.6 is 24.0 Å². The first kappa shape index (κ1) is 25.8. The highest BCUT2D eigenvalue weighted by Crippen LogP contribution is 2.25. The lowest BCUT2D eigenvalue weighted by molar-refractivity contribution is -0.0505. The number of guanidine groups is 1. The monoisotopic (exact) mass is 539 g/mol. The molecule has 0 saturated carbocycles. The van der Waals surface area contributed by atoms with Gasteiger partial charge in [-0.25, -0.2) is 4.39 Å². The number of hydrogen-bond acceptors (Lipinski definition) is 4. The van der Waals surface area contributed by atoms with Crippen LogP contribution in [0.25, 0.3) is 0 Å². The van der Waals surface area contributed by atoms with Gasteiger partial charge in [0.25, 0.3) is 0 Å². The van der Waals surface area contributed by atoms with Crippen molar-refractivity contribution < 1.29 is 27.4 Å². The Morgan fingerprint density at radius 2 is 1.77 bits per heavy atom. The molecule has 1 unspecified atom stereocenters. The molecule has 1 atom stereocenters. The number of ether oxygens (including phenoxy) is 3. The lowest BCUT2D eigenvalue weighted by Crippen LogP contribution is -2.39. The SMILES string of the molecule is CN=C(NCc1cc(OC)ccc1OC(F)F)NCC(OC)c1ccc(F)cc1.I. The van der Waals surface area contributed by atoms with Crippen LogP contribution in [0.4, 0.5) is 13.2 Å². The Morgan fingerprint density at radius 3 is 2.33 bits per heavy atom. The zero-order valence-corrected chi connectivity index (χ0v) is 19.2. The Bertz CT molecular complexity index is 808. The van der Waals surface area contributed by atoms with Crippen LogP contribution in [-0.2, 0) is 11.3 Å². The summed E-state index contributed by atoms with van der Waals surface area (Å²) < 4.78 is 53.5. The zero-order valence-electron chi connectivity index (χ0n) is 16.8. The number of benzene rings is 2. The Balaban J connectivity index is 0.00000450. The minimum Gasteiger partial charge on any atom is -0.497 e. The topological polar surface area (TPSA) is 64.1 Å². The van der Waals surface area contributed by atoms with Gasteiger partial charge in [0.2, 0.25) is 0 Å². The van der Waals surface area contributed by atoms with Crippen molar-refractivity contribution in [3.63, 3.8) is 0 Å². The van der Waals surface area contributed by atoms with E-state index in [1.807, 2.05) is 0 Å². The first-order valence-electron chi connectivity index (χ1n) is 8.81. The number of nitrogens with zero attached hydrogens (tertiary/aromatic N) is 1. The second-order valence-electron chi connectivity index (χ2n) is 5.93. The summed E-state index contributed by atoms with van der Waals surface area (Å²) in [4.78, 5) is 4.11. The van der Waals surface area contributed by atoms with Crippen LogP contribution in [0.2, 0.25) is 0 Å². The summed E-state index contributed by atoms with van der Waals surface area (Å²) in [5.74, 6) is 0.668. The number of halogens is 4. The van der Waals surface area contributed by atoms with E-state index in [4.69, 9.17) is 9.47 Å². The minimum atomic E-state index is -2.93. The standard InChI is InChI=1S/C20H24F3N3O3.HI/c1-24-20(26-12-18(28-3)13-4-6-15(21)7-5-13)25-11-14-10-16(27-2)8-9-17(14)29-19(22)23;/h4-10,18-19H,11-12H2,1-3H3,(H2,24,25,26);1H. The van der Waals surface area contributed by atoms with Crippen molar-refractivity contribution in [1.82, 2.24) is 10.6 Å². The average molecular weight is 539 g/mol. The molecule has 0 heterocycles. The number of rotatable bonds is 9. The number of hydrogen-bond donors (Lipinski definition) is 2. The molecule has 166 valence electrons. The summed E-state index contributed by atoms with van der Waals surface area (Å²) in [6.07, 6.45) is -0.330. The summed E-state index contributed by atoms with van der Waals surface area (Å²) in [5.41, 5.74) is 1.28. The second-order valence-corrected chi connectivity index (χ2v) is 5.93. The van der Waals surface area contributed by atoms with E-state index in [1.165, 1.54) is 25.3 Å². The second kappa shape index (κ2) is 13.2. The van der Waals surface area contributed by atoms with E-state index >= 15 is 0 Å². The third kappa shape index (κ3) is 7.90. The van der Waals surface area contributed by atoms with Crippen molar-refractivity contribution in [2.45, 2.75) is 19.3 Å². The Morgan fingerprint density at radius 1 is 1.07 bits per heavy atom. The van der Waals surface area contributed by atoms with Gasteiger partial charge in [0.1, 0.15) is 17.3 Å². The average Bonchev–Trinajstić information content (AvgIpc) is 2.72. The van der Waals surface area contributed by atoms with E-state index < -0.39 is 6.61 Å². The molecule has 0 fully saturated rings. The summed E-state index contributed by atoms with van der Waals surface area (Å²) in [7, 11) is 4.62. The van der Waals surface area contributed by atoms with Gasteiger partial charge in [0, 0.05) is 32.8 Å². The van der Waals surface area contributed by atoms with E-state index in [-0.39, 0.29) is 48.2 Å². The fourth-order valence-electron chi connectivity index (χ4n) is 2.64. The predicted molar refractivity (Wildman–Crippen MR) is 119 cm³/mol. The van der Waals surface area contributed by atoms with Crippen LogP contribution in [0.1, 0.15) is 17.2 Å². The van der Waals surface area contributed by atoms with Crippen LogP contribution in [-0.4, -0.2) is 40.4 Å². The lowest BCUT2D eigenvalue weighted by atomic mass is 10.1. The molecule has 2 N–H and O–H groups in total. The Kier molecular flexibility index (Phi) is 11.3. The van der Waals surface area contributed by atoms with Gasteiger partial charge in [0.15, 0.2) is 5.96 Å². The molecule has 6 nitrogen and oxygen atoms in total. The van der Waals surface area contributed by atoms with Crippen molar-refractivity contribution in [2.75, 3.05) is 27.8 Å². The first-order valence-corrected chi connectivity index (χ1v) is 8.81. The van der Waals surface area contributed by atoms with Crippen LogP contribution in [0.15, 0.2) is 47.5 Å². The molecule has 0 radical (unpaired) electrons. The highest BCUT2D eigenvalue weighted by Gasteiger charge is 2.14. The number of nitrogens with one attached hydrogen (secondary N) is 2. The molecule has 0 aliphatic heterocycles. The summed E-state index contributed by atoms with van der Waals surface area (Å²) in [5, 5.41) is 6.13. The third-order valence-corrected chi connectivity index (χ3v) is 4.13. The molecule has 30 heavy (non-hydrogen) atoms. The van der Waals surface area contributed by atoms with Gasteiger partial charge in [-0.2, -0.15) is 8.78 Å². The van der Waals surface area contributed by atoms with Gasteiger partial charge in [-0.05, 0) is 35.9 Å². The molecule has 0 amide bonds. The minimum absolute atomic E-state index is 0. The first-order chi connectivity index (χ1) is 14.0. The van der Waals surface area contributed by atoms with E-state index in [9.17, 15) is 13.2 Å². The third-order valence-electron chi connectivity index (χ3n) is 4.13. The van der Waals surface area contributed by atoms with Crippen LogP contribution in [0.5, 0.6) is 11.5 Å². The molecule has 0 aliphatic carbocycles. The molecule has 0 aliphatic rings. The fraction of sp³-hybridized carbons (Fsp3) is 0.350. The van der Waals surface area contributed by atoms with Gasteiger partial charge in [-0.15, -0.1) is 24.0 Å². The molecular formula is C20H25F3IN3O3. The largest absolute Gasteiger partial charge is 0.497 e. The number of alkyl halides is 2. The molecule has 0 bridgehead atoms. The van der Waals surface area contributed by atoms with E-state index in [0.717, 1.165) is 5.56 Å². The van der Waals surface area contributed by atoms with Crippen LogP contribution in [0.3, 0.4) is 0 Å². The smallest absolute Gasteiger partial charge is 0.387 e. The lowest BCUT2D eigenvalue weighted by Gasteiger charge is -2.19. The van der Waals surface area contributed by atoms with Crippen molar-refractivity contribution in [3.05, 3.63) is 59.4 Å². The van der Waals surface area contributed by atoms with Gasteiger partial charge in [0.05, 0.1) is 13.2 Å². The van der Waals surface area contributed by atoms with Crippen molar-refractivity contribution in [1.29, 1.82) is 0 Å². The quantitative estimate of drug-likeness (QED) is 0.286. The number of methoxy groups -OCH3 is 2. The van der Waals surface area contributed by atoms with Gasteiger partial charge < -0.3 is 24.8 Å². The van der Waals surface area contributed by atoms with E-state index in [2.05, 4.69) is 20.4 Å². The summed E-state index contributed by atoms with van der Waals surface area (Å²) in [6.45, 7) is -2.40. The summed E-state index contributed by atoms with van der Waals surface area (Å²) in [6, 6.07) is 10.6. The molecule has 2 aromatic carbocycles. The highest BCUT2D eigenvalue weighted by atomic mass is 127. The molecule has 2 rings (SSSR count). The van der Waals surface area contributed by atoms with Crippen molar-refractivity contribution in [2.24, 2.45) is 4.99 Å². The molecule has 0 saturated heterocycles. The van der Waals surface area contributed by atoms with Crippen molar-refractivity contribution in [3.8, 4) is 11.5 Å². The molecule has 0 aromatic heterocycles. The summed E-state index contributed by atoms with van der Waals surface area (Å²) >= 11 is 0. The van der Waals surface area contributed by atoms with Crippen molar-refractivity contribution >= 4 is 29.9 Å².